The summed E-state index contributed by atoms with van der Waals surface area (Å²) >= 11 is 0. The van der Waals surface area contributed by atoms with E-state index in [-0.39, 0.29) is 0 Å². The van der Waals surface area contributed by atoms with E-state index >= 15 is 0 Å². The lowest BCUT2D eigenvalue weighted by Gasteiger charge is -2.37. The Morgan fingerprint density at radius 1 is 1.20 bits per heavy atom. The van der Waals surface area contributed by atoms with E-state index in [0.717, 1.165) is 51.6 Å². The molecule has 0 spiro atoms. The van der Waals surface area contributed by atoms with Gasteiger partial charge in [0.25, 0.3) is 0 Å². The van der Waals surface area contributed by atoms with Crippen LogP contribution in [0.1, 0.15) is 17.8 Å². The molecule has 2 aromatic rings. The minimum absolute atomic E-state index is 0.499. The molecule has 4 heterocycles. The highest BCUT2D eigenvalue weighted by molar-refractivity contribution is 5.13. The number of hydrogen-bond donors (Lipinski definition) is 0. The molecular formula is C19H27N5O. The zero-order valence-corrected chi connectivity index (χ0v) is 14.9. The van der Waals surface area contributed by atoms with Gasteiger partial charge in [-0.3, -0.25) is 14.8 Å². The molecule has 2 aliphatic heterocycles. The fraction of sp³-hybridized carbons (Fsp3) is 0.579. The molecule has 2 fully saturated rings. The van der Waals surface area contributed by atoms with Gasteiger partial charge in [-0.2, -0.15) is 0 Å². The molecule has 6 nitrogen and oxygen atoms in total. The Labute approximate surface area is 149 Å². The Morgan fingerprint density at radius 2 is 2.08 bits per heavy atom. The molecule has 0 saturated carbocycles. The maximum Gasteiger partial charge on any atom is 0.122 e. The Kier molecular flexibility index (Phi) is 5.10. The number of imidazole rings is 1. The molecule has 2 aromatic heterocycles. The summed E-state index contributed by atoms with van der Waals surface area (Å²) in [6.45, 7) is 5.84. The average molecular weight is 341 g/mol. The van der Waals surface area contributed by atoms with Crippen LogP contribution in [0.4, 0.5) is 0 Å². The van der Waals surface area contributed by atoms with Crippen LogP contribution in [-0.2, 0) is 24.8 Å². The van der Waals surface area contributed by atoms with E-state index in [1.165, 1.54) is 12.0 Å². The van der Waals surface area contributed by atoms with E-state index in [2.05, 4.69) is 37.4 Å². The van der Waals surface area contributed by atoms with Crippen molar-refractivity contribution in [2.75, 3.05) is 32.8 Å². The van der Waals surface area contributed by atoms with Crippen LogP contribution < -0.4 is 0 Å². The summed E-state index contributed by atoms with van der Waals surface area (Å²) < 4.78 is 7.69. The summed E-state index contributed by atoms with van der Waals surface area (Å²) in [4.78, 5) is 14.1. The van der Waals surface area contributed by atoms with E-state index in [1.807, 2.05) is 30.9 Å². The topological polar surface area (TPSA) is 46.4 Å². The third-order valence-electron chi connectivity index (χ3n) is 5.57. The van der Waals surface area contributed by atoms with Crippen molar-refractivity contribution in [3.63, 3.8) is 0 Å². The highest BCUT2D eigenvalue weighted by atomic mass is 16.5. The van der Waals surface area contributed by atoms with Crippen LogP contribution >= 0.6 is 0 Å². The summed E-state index contributed by atoms with van der Waals surface area (Å²) in [7, 11) is 2.08. The second-order valence-electron chi connectivity index (χ2n) is 7.06. The van der Waals surface area contributed by atoms with Crippen molar-refractivity contribution in [1.82, 2.24) is 24.3 Å². The van der Waals surface area contributed by atoms with Crippen molar-refractivity contribution in [2.24, 2.45) is 7.05 Å². The minimum atomic E-state index is 0.499. The number of rotatable bonds is 5. The fourth-order valence-electron chi connectivity index (χ4n) is 4.19. The Hall–Kier alpha value is -1.76. The molecule has 25 heavy (non-hydrogen) atoms. The van der Waals surface area contributed by atoms with E-state index in [9.17, 15) is 0 Å². The number of likely N-dealkylation sites (tertiary alicyclic amines) is 1. The van der Waals surface area contributed by atoms with Crippen LogP contribution in [0.3, 0.4) is 0 Å². The zero-order valence-electron chi connectivity index (χ0n) is 14.9. The smallest absolute Gasteiger partial charge is 0.122 e. The number of pyridine rings is 1. The van der Waals surface area contributed by atoms with Crippen LogP contribution in [-0.4, -0.2) is 69.3 Å². The maximum absolute atomic E-state index is 5.56. The molecule has 134 valence electrons. The van der Waals surface area contributed by atoms with Crippen molar-refractivity contribution >= 4 is 0 Å². The first-order chi connectivity index (χ1) is 12.3. The van der Waals surface area contributed by atoms with Gasteiger partial charge in [0.15, 0.2) is 0 Å². The second kappa shape index (κ2) is 7.64. The Balaban J connectivity index is 1.53. The second-order valence-corrected chi connectivity index (χ2v) is 7.06. The van der Waals surface area contributed by atoms with Crippen LogP contribution in [0.25, 0.3) is 0 Å². The van der Waals surface area contributed by atoms with Gasteiger partial charge in [-0.05, 0) is 24.5 Å². The van der Waals surface area contributed by atoms with Crippen LogP contribution in [0.5, 0.6) is 0 Å². The standard InChI is InChI=1S/C19H27N5O/c1-22-8-6-21-19(22)15-24-7-4-17(23-9-11-25-12-10-23)18(24)13-16-3-2-5-20-14-16/h2-3,5-6,8,14,17-18H,4,7,9-13,15H2,1H3/t17-,18+/m0/s1. The predicted octanol–water partition coefficient (Wildman–Crippen LogP) is 1.33. The Bertz CT molecular complexity index is 667. The summed E-state index contributed by atoms with van der Waals surface area (Å²) in [5, 5.41) is 0. The molecular weight excluding hydrogens is 314 g/mol. The summed E-state index contributed by atoms with van der Waals surface area (Å²) in [6, 6.07) is 5.32. The molecule has 2 aliphatic rings. The molecule has 0 radical (unpaired) electrons. The number of ether oxygens (including phenoxy) is 1. The normalized spacial score (nSPS) is 25.5. The van der Waals surface area contributed by atoms with E-state index < -0.39 is 0 Å². The maximum atomic E-state index is 5.56. The van der Waals surface area contributed by atoms with E-state index in [4.69, 9.17) is 4.74 Å². The first kappa shape index (κ1) is 16.7. The largest absolute Gasteiger partial charge is 0.379 e. The van der Waals surface area contributed by atoms with Crippen molar-refractivity contribution in [3.8, 4) is 0 Å². The summed E-state index contributed by atoms with van der Waals surface area (Å²) in [5.41, 5.74) is 1.32. The van der Waals surface area contributed by atoms with Crippen LogP contribution in [0.15, 0.2) is 36.9 Å². The van der Waals surface area contributed by atoms with Crippen molar-refractivity contribution < 1.29 is 4.74 Å². The zero-order chi connectivity index (χ0) is 17.1. The highest BCUT2D eigenvalue weighted by Crippen LogP contribution is 2.28. The quantitative estimate of drug-likeness (QED) is 0.821. The number of aromatic nitrogens is 3. The van der Waals surface area contributed by atoms with Crippen molar-refractivity contribution in [2.45, 2.75) is 31.5 Å². The highest BCUT2D eigenvalue weighted by Gasteiger charge is 2.38. The van der Waals surface area contributed by atoms with Gasteiger partial charge in [0, 0.05) is 63.6 Å². The molecule has 2 saturated heterocycles. The number of nitrogens with zero attached hydrogens (tertiary/aromatic N) is 5. The predicted molar refractivity (Wildman–Crippen MR) is 96.1 cm³/mol. The molecule has 2 atom stereocenters. The van der Waals surface area contributed by atoms with Gasteiger partial charge < -0.3 is 9.30 Å². The van der Waals surface area contributed by atoms with Crippen molar-refractivity contribution in [1.29, 1.82) is 0 Å². The van der Waals surface area contributed by atoms with Crippen LogP contribution in [0, 0.1) is 0 Å². The van der Waals surface area contributed by atoms with E-state index in [0.29, 0.717) is 12.1 Å². The van der Waals surface area contributed by atoms with Gasteiger partial charge in [-0.15, -0.1) is 0 Å². The van der Waals surface area contributed by atoms with Gasteiger partial charge in [0.1, 0.15) is 5.82 Å². The lowest BCUT2D eigenvalue weighted by molar-refractivity contribution is 0.00771. The van der Waals surface area contributed by atoms with Gasteiger partial charge in [0.2, 0.25) is 0 Å². The third kappa shape index (κ3) is 3.76. The minimum Gasteiger partial charge on any atom is -0.379 e. The van der Waals surface area contributed by atoms with Gasteiger partial charge >= 0.3 is 0 Å². The number of aryl methyl sites for hydroxylation is 1. The Morgan fingerprint density at radius 3 is 2.80 bits per heavy atom. The monoisotopic (exact) mass is 341 g/mol. The lowest BCUT2D eigenvalue weighted by Crippen LogP contribution is -2.50. The van der Waals surface area contributed by atoms with Gasteiger partial charge in [-0.1, -0.05) is 6.07 Å². The fourth-order valence-corrected chi connectivity index (χ4v) is 4.19. The summed E-state index contributed by atoms with van der Waals surface area (Å²) in [6.07, 6.45) is 10.0. The first-order valence-corrected chi connectivity index (χ1v) is 9.22. The number of morpholine rings is 1. The van der Waals surface area contributed by atoms with Gasteiger partial charge in [-0.25, -0.2) is 4.98 Å². The molecule has 0 unspecified atom stereocenters. The SMILES string of the molecule is Cn1ccnc1CN1CC[C@H](N2CCOCC2)[C@H]1Cc1cccnc1. The molecule has 4 rings (SSSR count). The third-order valence-corrected chi connectivity index (χ3v) is 5.57. The van der Waals surface area contributed by atoms with E-state index in [1.54, 1.807) is 0 Å². The molecule has 6 heteroatoms. The summed E-state index contributed by atoms with van der Waals surface area (Å²) in [5.74, 6) is 1.14. The number of hydrogen-bond acceptors (Lipinski definition) is 5. The van der Waals surface area contributed by atoms with Gasteiger partial charge in [0.05, 0.1) is 19.8 Å². The van der Waals surface area contributed by atoms with Crippen LogP contribution in [0.2, 0.25) is 0 Å². The molecule has 0 aromatic carbocycles. The molecule has 0 N–H and O–H groups in total. The molecule has 0 bridgehead atoms. The lowest BCUT2D eigenvalue weighted by atomic mass is 9.99. The molecule has 0 amide bonds. The average Bonchev–Trinajstić information content (AvgIpc) is 3.24. The van der Waals surface area contributed by atoms with Crippen molar-refractivity contribution in [3.05, 3.63) is 48.3 Å². The first-order valence-electron chi connectivity index (χ1n) is 9.22. The molecule has 0 aliphatic carbocycles.